The Kier molecular flexibility index (Phi) is 5.24. The molecule has 0 fully saturated rings. The van der Waals surface area contributed by atoms with E-state index in [-0.39, 0.29) is 11.8 Å². The first-order valence-electron chi connectivity index (χ1n) is 5.60. The van der Waals surface area contributed by atoms with Gasteiger partial charge in [-0.3, -0.25) is 5.41 Å². The second-order valence-electron chi connectivity index (χ2n) is 3.77. The van der Waals surface area contributed by atoms with Crippen molar-refractivity contribution in [2.75, 3.05) is 12.0 Å². The molecule has 1 heterocycles. The van der Waals surface area contributed by atoms with E-state index in [4.69, 9.17) is 11.1 Å². The lowest BCUT2D eigenvalue weighted by Gasteiger charge is -2.14. The van der Waals surface area contributed by atoms with Crippen LogP contribution >= 0.6 is 34.9 Å². The SMILES string of the molecule is CSc1nnc(SCC(C(=N)N)c2ccccc2)s1. The highest BCUT2D eigenvalue weighted by Crippen LogP contribution is 2.30. The van der Waals surface area contributed by atoms with E-state index < -0.39 is 0 Å². The molecule has 2 aromatic rings. The second kappa shape index (κ2) is 6.93. The van der Waals surface area contributed by atoms with Crippen molar-refractivity contribution in [3.05, 3.63) is 35.9 Å². The Bertz CT molecular complexity index is 541. The molecule has 19 heavy (non-hydrogen) atoms. The quantitative estimate of drug-likeness (QED) is 0.487. The van der Waals surface area contributed by atoms with Gasteiger partial charge in [0.1, 0.15) is 0 Å². The minimum absolute atomic E-state index is 0.0761. The number of nitrogens with one attached hydrogen (secondary N) is 1. The van der Waals surface area contributed by atoms with Crippen molar-refractivity contribution < 1.29 is 0 Å². The van der Waals surface area contributed by atoms with Crippen LogP contribution in [0.1, 0.15) is 11.5 Å². The van der Waals surface area contributed by atoms with Crippen LogP contribution in [0.2, 0.25) is 0 Å². The monoisotopic (exact) mass is 310 g/mol. The van der Waals surface area contributed by atoms with Crippen LogP contribution in [-0.4, -0.2) is 28.0 Å². The Morgan fingerprint density at radius 1 is 1.32 bits per heavy atom. The van der Waals surface area contributed by atoms with E-state index in [0.717, 1.165) is 14.2 Å². The fraction of sp³-hybridized carbons (Fsp3) is 0.250. The number of thioether (sulfide) groups is 2. The lowest BCUT2D eigenvalue weighted by molar-refractivity contribution is 0.950. The molecule has 0 radical (unpaired) electrons. The van der Waals surface area contributed by atoms with Crippen molar-refractivity contribution >= 4 is 40.7 Å². The van der Waals surface area contributed by atoms with Gasteiger partial charge in [0.05, 0.1) is 11.8 Å². The molecule has 1 aromatic carbocycles. The summed E-state index contributed by atoms with van der Waals surface area (Å²) in [5.41, 5.74) is 6.76. The van der Waals surface area contributed by atoms with Crippen molar-refractivity contribution in [3.63, 3.8) is 0 Å². The first-order chi connectivity index (χ1) is 9.20. The van der Waals surface area contributed by atoms with Gasteiger partial charge in [-0.15, -0.1) is 10.2 Å². The van der Waals surface area contributed by atoms with Crippen molar-refractivity contribution in [1.82, 2.24) is 10.2 Å². The number of nitrogens with two attached hydrogens (primary N) is 1. The van der Waals surface area contributed by atoms with Crippen molar-refractivity contribution in [2.24, 2.45) is 5.73 Å². The molecule has 0 aliphatic rings. The lowest BCUT2D eigenvalue weighted by Crippen LogP contribution is -2.22. The van der Waals surface area contributed by atoms with Crippen LogP contribution in [0, 0.1) is 5.41 Å². The third-order valence-electron chi connectivity index (χ3n) is 2.51. The second-order valence-corrected chi connectivity index (χ2v) is 7.07. The topological polar surface area (TPSA) is 75.7 Å². The summed E-state index contributed by atoms with van der Waals surface area (Å²) < 4.78 is 1.88. The molecule has 0 aliphatic carbocycles. The molecule has 0 saturated carbocycles. The van der Waals surface area contributed by atoms with Crippen molar-refractivity contribution in [1.29, 1.82) is 5.41 Å². The largest absolute Gasteiger partial charge is 0.387 e. The first-order valence-corrected chi connectivity index (χ1v) is 8.62. The van der Waals surface area contributed by atoms with Gasteiger partial charge in [0.2, 0.25) is 0 Å². The molecular weight excluding hydrogens is 296 g/mol. The average Bonchev–Trinajstić information content (AvgIpc) is 2.88. The fourth-order valence-electron chi connectivity index (χ4n) is 1.54. The minimum Gasteiger partial charge on any atom is -0.387 e. The standard InChI is InChI=1S/C12H14N4S3/c1-17-11-15-16-12(19-11)18-7-9(10(13)14)8-5-3-2-4-6-8/h2-6,9H,7H2,1H3,(H3,13,14). The molecule has 1 unspecified atom stereocenters. The van der Waals surface area contributed by atoms with Crippen LogP contribution < -0.4 is 5.73 Å². The zero-order chi connectivity index (χ0) is 13.7. The maximum Gasteiger partial charge on any atom is 0.175 e. The van der Waals surface area contributed by atoms with Crippen LogP contribution in [0.3, 0.4) is 0 Å². The number of nitrogens with zero attached hydrogens (tertiary/aromatic N) is 2. The Morgan fingerprint density at radius 2 is 2.00 bits per heavy atom. The van der Waals surface area contributed by atoms with E-state index >= 15 is 0 Å². The number of amidine groups is 1. The molecule has 0 spiro atoms. The number of benzene rings is 1. The van der Waals surface area contributed by atoms with Crippen LogP contribution in [0.25, 0.3) is 0 Å². The van der Waals surface area contributed by atoms with E-state index in [1.54, 1.807) is 34.9 Å². The normalized spacial score (nSPS) is 12.3. The third-order valence-corrected chi connectivity index (χ3v) is 5.64. The number of rotatable bonds is 6. The molecule has 100 valence electrons. The van der Waals surface area contributed by atoms with E-state index in [2.05, 4.69) is 10.2 Å². The molecule has 0 amide bonds. The smallest absolute Gasteiger partial charge is 0.175 e. The maximum atomic E-state index is 7.72. The van der Waals surface area contributed by atoms with Gasteiger partial charge in [0.25, 0.3) is 0 Å². The molecule has 0 bridgehead atoms. The zero-order valence-corrected chi connectivity index (χ0v) is 12.8. The van der Waals surface area contributed by atoms with Crippen LogP contribution in [0.15, 0.2) is 39.0 Å². The summed E-state index contributed by atoms with van der Waals surface area (Å²) in [5, 5.41) is 15.9. The summed E-state index contributed by atoms with van der Waals surface area (Å²) in [6.07, 6.45) is 1.98. The summed E-state index contributed by atoms with van der Waals surface area (Å²) in [4.78, 5) is 0. The fourth-order valence-corrected chi connectivity index (χ4v) is 4.16. The Morgan fingerprint density at radius 3 is 2.58 bits per heavy atom. The van der Waals surface area contributed by atoms with E-state index in [1.807, 2.05) is 36.6 Å². The summed E-state index contributed by atoms with van der Waals surface area (Å²) in [6, 6.07) is 9.89. The maximum absolute atomic E-state index is 7.72. The summed E-state index contributed by atoms with van der Waals surface area (Å²) in [6.45, 7) is 0. The predicted molar refractivity (Wildman–Crippen MR) is 83.5 cm³/mol. The molecule has 0 aliphatic heterocycles. The van der Waals surface area contributed by atoms with Crippen LogP contribution in [0.5, 0.6) is 0 Å². The van der Waals surface area contributed by atoms with Crippen LogP contribution in [0.4, 0.5) is 0 Å². The Balaban J connectivity index is 2.04. The molecule has 7 heteroatoms. The Labute approximate surface area is 124 Å². The van der Waals surface area contributed by atoms with Gasteiger partial charge < -0.3 is 5.73 Å². The van der Waals surface area contributed by atoms with Gasteiger partial charge in [-0.25, -0.2) is 0 Å². The van der Waals surface area contributed by atoms with E-state index in [0.29, 0.717) is 5.75 Å². The molecule has 1 atom stereocenters. The predicted octanol–water partition coefficient (Wildman–Crippen LogP) is 3.07. The minimum atomic E-state index is -0.0761. The summed E-state index contributed by atoms with van der Waals surface area (Å²) in [7, 11) is 0. The van der Waals surface area contributed by atoms with Crippen molar-refractivity contribution in [3.8, 4) is 0 Å². The third kappa shape index (κ3) is 3.95. The zero-order valence-electron chi connectivity index (χ0n) is 10.4. The molecule has 3 N–H and O–H groups in total. The highest BCUT2D eigenvalue weighted by molar-refractivity contribution is 8.03. The highest BCUT2D eigenvalue weighted by atomic mass is 32.2. The van der Waals surface area contributed by atoms with Gasteiger partial charge in [-0.1, -0.05) is 65.2 Å². The van der Waals surface area contributed by atoms with Gasteiger partial charge in [0, 0.05) is 5.75 Å². The van der Waals surface area contributed by atoms with Gasteiger partial charge in [-0.2, -0.15) is 0 Å². The molecule has 1 aromatic heterocycles. The number of hydrogen-bond donors (Lipinski definition) is 2. The van der Waals surface area contributed by atoms with Crippen LogP contribution in [-0.2, 0) is 0 Å². The van der Waals surface area contributed by atoms with Gasteiger partial charge in [-0.05, 0) is 11.8 Å². The number of hydrogen-bond acceptors (Lipinski definition) is 6. The molecular formula is C12H14N4S3. The van der Waals surface area contributed by atoms with Gasteiger partial charge >= 0.3 is 0 Å². The first kappa shape index (κ1) is 14.4. The number of aromatic nitrogens is 2. The molecule has 0 saturated heterocycles. The van der Waals surface area contributed by atoms with E-state index in [9.17, 15) is 0 Å². The summed E-state index contributed by atoms with van der Waals surface area (Å²) in [5.74, 6) is 0.823. The molecule has 2 rings (SSSR count). The highest BCUT2D eigenvalue weighted by Gasteiger charge is 2.16. The summed E-state index contributed by atoms with van der Waals surface area (Å²) >= 11 is 4.76. The van der Waals surface area contributed by atoms with Gasteiger partial charge in [0.15, 0.2) is 8.68 Å². The molecule has 4 nitrogen and oxygen atoms in total. The van der Waals surface area contributed by atoms with Crippen molar-refractivity contribution in [2.45, 2.75) is 14.6 Å². The average molecular weight is 310 g/mol. The lowest BCUT2D eigenvalue weighted by atomic mass is 10.0. The Hall–Kier alpha value is -1.05. The van der Waals surface area contributed by atoms with E-state index in [1.165, 1.54) is 0 Å².